The lowest BCUT2D eigenvalue weighted by atomic mass is 10.2. The molecule has 2 aromatic rings. The smallest absolute Gasteiger partial charge is 0.244 e. The van der Waals surface area contributed by atoms with Crippen molar-refractivity contribution < 1.29 is 22.3 Å². The lowest BCUT2D eigenvalue weighted by molar-refractivity contribution is 0.259. The van der Waals surface area contributed by atoms with Gasteiger partial charge in [0, 0.05) is 12.6 Å². The number of sulfonamides is 1. The van der Waals surface area contributed by atoms with E-state index in [-0.39, 0.29) is 23.2 Å². The van der Waals surface area contributed by atoms with Gasteiger partial charge in [-0.25, -0.2) is 13.1 Å². The Balaban J connectivity index is 2.25. The topological polar surface area (TPSA) is 81.0 Å². The Morgan fingerprint density at radius 3 is 2.50 bits per heavy atom. The molecule has 1 N–H and O–H groups in total. The van der Waals surface area contributed by atoms with Crippen LogP contribution in [0.5, 0.6) is 11.5 Å². The SMILES string of the molecule is COc1ccc(OC)c(S(=O)(=O)NC[C@H](c2ccco2)N(C)C)c1. The summed E-state index contributed by atoms with van der Waals surface area (Å²) in [7, 11) is 2.83. The molecule has 1 atom stereocenters. The van der Waals surface area contributed by atoms with E-state index in [1.165, 1.54) is 20.3 Å². The van der Waals surface area contributed by atoms with Crippen LogP contribution in [0.1, 0.15) is 11.8 Å². The standard InChI is InChI=1S/C16H22N2O5S/c1-18(2)13(14-6-5-9-23-14)11-17-24(19,20)16-10-12(21-3)7-8-15(16)22-4/h5-10,13,17H,11H2,1-4H3/t13-/m1/s1. The van der Waals surface area contributed by atoms with Gasteiger partial charge < -0.3 is 13.9 Å². The molecule has 0 aliphatic heterocycles. The third kappa shape index (κ3) is 4.08. The minimum absolute atomic E-state index is 0.0290. The molecule has 2 rings (SSSR count). The fourth-order valence-electron chi connectivity index (χ4n) is 2.28. The van der Waals surface area contributed by atoms with Gasteiger partial charge in [0.2, 0.25) is 10.0 Å². The van der Waals surface area contributed by atoms with Crippen LogP contribution in [0.15, 0.2) is 45.9 Å². The van der Waals surface area contributed by atoms with Crippen LogP contribution in [0.3, 0.4) is 0 Å². The molecule has 0 aliphatic carbocycles. The van der Waals surface area contributed by atoms with Crippen LogP contribution in [0.25, 0.3) is 0 Å². The summed E-state index contributed by atoms with van der Waals surface area (Å²) in [6.45, 7) is 0.156. The Bertz CT molecular complexity index is 757. The Morgan fingerprint density at radius 2 is 1.96 bits per heavy atom. The number of likely N-dealkylation sites (N-methyl/N-ethyl adjacent to an activating group) is 1. The van der Waals surface area contributed by atoms with Gasteiger partial charge in [-0.15, -0.1) is 0 Å². The molecule has 0 aliphatic rings. The van der Waals surface area contributed by atoms with E-state index in [1.807, 2.05) is 25.1 Å². The zero-order valence-corrected chi connectivity index (χ0v) is 15.0. The highest BCUT2D eigenvalue weighted by atomic mass is 32.2. The van der Waals surface area contributed by atoms with E-state index in [4.69, 9.17) is 13.9 Å². The molecule has 0 radical (unpaired) electrons. The number of nitrogens with zero attached hydrogens (tertiary/aromatic N) is 1. The fraction of sp³-hybridized carbons (Fsp3) is 0.375. The maximum Gasteiger partial charge on any atom is 0.244 e. The van der Waals surface area contributed by atoms with Crippen LogP contribution in [0, 0.1) is 0 Å². The Hall–Kier alpha value is -2.03. The van der Waals surface area contributed by atoms with Gasteiger partial charge in [0.1, 0.15) is 22.2 Å². The number of hydrogen-bond acceptors (Lipinski definition) is 6. The molecular weight excluding hydrogens is 332 g/mol. The quantitative estimate of drug-likeness (QED) is 0.779. The van der Waals surface area contributed by atoms with Crippen molar-refractivity contribution in [3.05, 3.63) is 42.4 Å². The number of furan rings is 1. The molecule has 1 heterocycles. The molecule has 7 nitrogen and oxygen atoms in total. The zero-order valence-electron chi connectivity index (χ0n) is 14.1. The fourth-order valence-corrected chi connectivity index (χ4v) is 3.50. The third-order valence-electron chi connectivity index (χ3n) is 3.62. The van der Waals surface area contributed by atoms with Crippen LogP contribution in [-0.2, 0) is 10.0 Å². The summed E-state index contributed by atoms with van der Waals surface area (Å²) in [6.07, 6.45) is 1.56. The highest BCUT2D eigenvalue weighted by Crippen LogP contribution is 2.28. The van der Waals surface area contributed by atoms with Crippen molar-refractivity contribution in [1.82, 2.24) is 9.62 Å². The summed E-state index contributed by atoms with van der Waals surface area (Å²) >= 11 is 0. The lowest BCUT2D eigenvalue weighted by Crippen LogP contribution is -2.34. The van der Waals surface area contributed by atoms with Crippen molar-refractivity contribution in [2.75, 3.05) is 34.9 Å². The van der Waals surface area contributed by atoms with Gasteiger partial charge in [-0.3, -0.25) is 4.90 Å². The molecule has 0 spiro atoms. The molecule has 0 saturated carbocycles. The van der Waals surface area contributed by atoms with Crippen molar-refractivity contribution in [1.29, 1.82) is 0 Å². The summed E-state index contributed by atoms with van der Waals surface area (Å²) in [5.41, 5.74) is 0. The number of rotatable bonds is 8. The second kappa shape index (κ2) is 7.69. The van der Waals surface area contributed by atoms with E-state index in [0.717, 1.165) is 0 Å². The Kier molecular flexibility index (Phi) is 5.87. The summed E-state index contributed by atoms with van der Waals surface area (Å²) < 4.78 is 43.6. The minimum atomic E-state index is -3.78. The molecule has 24 heavy (non-hydrogen) atoms. The molecule has 1 aromatic heterocycles. The molecule has 0 amide bonds. The molecule has 0 bridgehead atoms. The van der Waals surface area contributed by atoms with Gasteiger partial charge >= 0.3 is 0 Å². The van der Waals surface area contributed by atoms with Crippen LogP contribution in [0.2, 0.25) is 0 Å². The minimum Gasteiger partial charge on any atom is -0.497 e. The van der Waals surface area contributed by atoms with Crippen molar-refractivity contribution in [2.45, 2.75) is 10.9 Å². The van der Waals surface area contributed by atoms with Crippen molar-refractivity contribution in [3.63, 3.8) is 0 Å². The van der Waals surface area contributed by atoms with Crippen LogP contribution >= 0.6 is 0 Å². The average Bonchev–Trinajstić information content (AvgIpc) is 3.08. The van der Waals surface area contributed by atoms with Gasteiger partial charge in [0.25, 0.3) is 0 Å². The van der Waals surface area contributed by atoms with Crippen LogP contribution in [0.4, 0.5) is 0 Å². The predicted octanol–water partition coefficient (Wildman–Crippen LogP) is 1.88. The number of methoxy groups -OCH3 is 2. The second-order valence-corrected chi connectivity index (χ2v) is 7.10. The normalized spacial score (nSPS) is 13.0. The molecule has 0 unspecified atom stereocenters. The maximum atomic E-state index is 12.7. The monoisotopic (exact) mass is 354 g/mol. The maximum absolute atomic E-state index is 12.7. The molecule has 132 valence electrons. The molecular formula is C16H22N2O5S. The van der Waals surface area contributed by atoms with Crippen LogP contribution in [-0.4, -0.2) is 48.2 Å². The van der Waals surface area contributed by atoms with Gasteiger partial charge in [-0.05, 0) is 38.4 Å². The Morgan fingerprint density at radius 1 is 1.21 bits per heavy atom. The molecule has 0 fully saturated rings. The number of hydrogen-bond donors (Lipinski definition) is 1. The van der Waals surface area contributed by atoms with Crippen molar-refractivity contribution >= 4 is 10.0 Å². The molecule has 8 heteroatoms. The van der Waals surface area contributed by atoms with Crippen molar-refractivity contribution in [2.24, 2.45) is 0 Å². The second-order valence-electron chi connectivity index (χ2n) is 5.36. The first kappa shape index (κ1) is 18.3. The summed E-state index contributed by atoms with van der Waals surface area (Å²) in [5, 5.41) is 0. The van der Waals surface area contributed by atoms with Gasteiger partial charge in [-0.1, -0.05) is 0 Å². The largest absolute Gasteiger partial charge is 0.497 e. The highest BCUT2D eigenvalue weighted by molar-refractivity contribution is 7.89. The highest BCUT2D eigenvalue weighted by Gasteiger charge is 2.24. The van der Waals surface area contributed by atoms with E-state index in [9.17, 15) is 8.42 Å². The third-order valence-corrected chi connectivity index (χ3v) is 5.07. The summed E-state index contributed by atoms with van der Waals surface area (Å²) in [6, 6.07) is 7.98. The van der Waals surface area contributed by atoms with Gasteiger partial charge in [0.15, 0.2) is 0 Å². The van der Waals surface area contributed by atoms with Crippen molar-refractivity contribution in [3.8, 4) is 11.5 Å². The summed E-state index contributed by atoms with van der Waals surface area (Å²) in [4.78, 5) is 1.91. The van der Waals surface area contributed by atoms with E-state index in [2.05, 4.69) is 4.72 Å². The van der Waals surface area contributed by atoms with E-state index in [0.29, 0.717) is 11.5 Å². The summed E-state index contributed by atoms with van der Waals surface area (Å²) in [5.74, 6) is 1.37. The van der Waals surface area contributed by atoms with E-state index >= 15 is 0 Å². The molecule has 0 saturated heterocycles. The van der Waals surface area contributed by atoms with Crippen LogP contribution < -0.4 is 14.2 Å². The first-order chi connectivity index (χ1) is 11.4. The number of benzene rings is 1. The lowest BCUT2D eigenvalue weighted by Gasteiger charge is -2.22. The first-order valence-electron chi connectivity index (χ1n) is 7.30. The van der Waals surface area contributed by atoms with Gasteiger partial charge in [-0.2, -0.15) is 0 Å². The van der Waals surface area contributed by atoms with Gasteiger partial charge in [0.05, 0.1) is 26.5 Å². The predicted molar refractivity (Wildman–Crippen MR) is 89.9 cm³/mol. The van der Waals surface area contributed by atoms with E-state index in [1.54, 1.807) is 24.5 Å². The number of nitrogens with one attached hydrogen (secondary N) is 1. The first-order valence-corrected chi connectivity index (χ1v) is 8.79. The molecule has 1 aromatic carbocycles. The Labute approximate surface area is 142 Å². The zero-order chi connectivity index (χ0) is 17.7. The number of ether oxygens (including phenoxy) is 2. The average molecular weight is 354 g/mol. The van der Waals surface area contributed by atoms with E-state index < -0.39 is 10.0 Å².